The van der Waals surface area contributed by atoms with Crippen LogP contribution in [-0.2, 0) is 19.4 Å². The zero-order valence-corrected chi connectivity index (χ0v) is 13.7. The van der Waals surface area contributed by atoms with Crippen molar-refractivity contribution in [2.24, 2.45) is 0 Å². The van der Waals surface area contributed by atoms with Crippen LogP contribution in [0.3, 0.4) is 0 Å². The van der Waals surface area contributed by atoms with E-state index in [1.165, 1.54) is 30.4 Å². The molecule has 0 saturated carbocycles. The quantitative estimate of drug-likeness (QED) is 0.847. The molecule has 2 aliphatic rings. The second kappa shape index (κ2) is 6.37. The fourth-order valence-electron chi connectivity index (χ4n) is 3.57. The molecule has 3 nitrogen and oxygen atoms in total. The van der Waals surface area contributed by atoms with Crippen molar-refractivity contribution in [1.29, 1.82) is 0 Å². The maximum atomic E-state index is 5.91. The monoisotopic (exact) mass is 288 g/mol. The second-order valence-corrected chi connectivity index (χ2v) is 6.58. The molecule has 1 aromatic carbocycles. The molecule has 21 heavy (non-hydrogen) atoms. The highest BCUT2D eigenvalue weighted by atomic mass is 16.5. The van der Waals surface area contributed by atoms with Gasteiger partial charge in [-0.15, -0.1) is 0 Å². The Bertz CT molecular complexity index is 500. The van der Waals surface area contributed by atoms with Crippen LogP contribution >= 0.6 is 0 Å². The lowest BCUT2D eigenvalue weighted by molar-refractivity contribution is 0.0991. The molecule has 0 bridgehead atoms. The van der Waals surface area contributed by atoms with E-state index in [-0.39, 0.29) is 0 Å². The van der Waals surface area contributed by atoms with E-state index in [0.717, 1.165) is 38.5 Å². The summed E-state index contributed by atoms with van der Waals surface area (Å²) >= 11 is 0. The van der Waals surface area contributed by atoms with E-state index in [1.807, 2.05) is 0 Å². The van der Waals surface area contributed by atoms with Crippen molar-refractivity contribution in [2.75, 3.05) is 33.3 Å². The van der Waals surface area contributed by atoms with Gasteiger partial charge in [0.25, 0.3) is 0 Å². The smallest absolute Gasteiger partial charge is 0.124 e. The van der Waals surface area contributed by atoms with Gasteiger partial charge in [-0.1, -0.05) is 6.07 Å². The second-order valence-electron chi connectivity index (χ2n) is 6.58. The molecule has 1 saturated heterocycles. The minimum absolute atomic E-state index is 0.642. The Morgan fingerprint density at radius 1 is 1.19 bits per heavy atom. The molecule has 1 aliphatic carbocycles. The van der Waals surface area contributed by atoms with Gasteiger partial charge in [-0.25, -0.2) is 0 Å². The number of fused-ring (bicyclic) bond motifs is 1. The number of benzene rings is 1. The van der Waals surface area contributed by atoms with Gasteiger partial charge in [-0.05, 0) is 57.4 Å². The first-order valence-electron chi connectivity index (χ1n) is 8.37. The Balaban J connectivity index is 1.77. The Hall–Kier alpha value is -1.06. The standard InChI is InChI=1S/C18H28N2O/c1-4-21-18-11-16-7-5-6-15(16)10-17(18)13-20-9-8-19(3)14(2)12-20/h10-11,14H,4-9,12-13H2,1-3H3. The Labute approximate surface area is 128 Å². The lowest BCUT2D eigenvalue weighted by Gasteiger charge is -2.38. The number of likely N-dealkylation sites (N-methyl/N-ethyl adjacent to an activating group) is 1. The minimum Gasteiger partial charge on any atom is -0.494 e. The first-order chi connectivity index (χ1) is 10.2. The highest BCUT2D eigenvalue weighted by Crippen LogP contribution is 2.31. The van der Waals surface area contributed by atoms with Gasteiger partial charge in [0.1, 0.15) is 5.75 Å². The van der Waals surface area contributed by atoms with Crippen molar-refractivity contribution in [3.63, 3.8) is 0 Å². The average Bonchev–Trinajstić information content (AvgIpc) is 2.90. The topological polar surface area (TPSA) is 15.7 Å². The molecule has 0 radical (unpaired) electrons. The summed E-state index contributed by atoms with van der Waals surface area (Å²) < 4.78 is 5.91. The molecule has 1 heterocycles. The molecular formula is C18H28N2O. The third-order valence-corrected chi connectivity index (χ3v) is 5.01. The van der Waals surface area contributed by atoms with Crippen LogP contribution in [-0.4, -0.2) is 49.1 Å². The van der Waals surface area contributed by atoms with Crippen molar-refractivity contribution in [3.05, 3.63) is 28.8 Å². The van der Waals surface area contributed by atoms with Crippen molar-refractivity contribution >= 4 is 0 Å². The van der Waals surface area contributed by atoms with E-state index in [2.05, 4.69) is 42.8 Å². The lowest BCUT2D eigenvalue weighted by atomic mass is 10.0. The number of rotatable bonds is 4. The summed E-state index contributed by atoms with van der Waals surface area (Å²) in [6.45, 7) is 9.65. The van der Waals surface area contributed by atoms with Crippen molar-refractivity contribution in [1.82, 2.24) is 9.80 Å². The van der Waals surface area contributed by atoms with E-state index >= 15 is 0 Å². The summed E-state index contributed by atoms with van der Waals surface area (Å²) in [5.74, 6) is 1.12. The molecule has 3 heteroatoms. The van der Waals surface area contributed by atoms with Crippen molar-refractivity contribution in [3.8, 4) is 5.75 Å². The SMILES string of the molecule is CCOc1cc2c(cc1CN1CCN(C)C(C)C1)CCC2. The lowest BCUT2D eigenvalue weighted by Crippen LogP contribution is -2.49. The number of nitrogens with zero attached hydrogens (tertiary/aromatic N) is 2. The van der Waals surface area contributed by atoms with Gasteiger partial charge >= 0.3 is 0 Å². The number of hydrogen-bond donors (Lipinski definition) is 0. The highest BCUT2D eigenvalue weighted by molar-refractivity contribution is 5.44. The van der Waals surface area contributed by atoms with Crippen LogP contribution in [0.2, 0.25) is 0 Å². The van der Waals surface area contributed by atoms with Gasteiger partial charge in [0.15, 0.2) is 0 Å². The minimum atomic E-state index is 0.642. The number of hydrogen-bond acceptors (Lipinski definition) is 3. The van der Waals surface area contributed by atoms with Gasteiger partial charge in [-0.2, -0.15) is 0 Å². The van der Waals surface area contributed by atoms with E-state index in [9.17, 15) is 0 Å². The molecule has 1 unspecified atom stereocenters. The summed E-state index contributed by atoms with van der Waals surface area (Å²) in [6, 6.07) is 5.36. The predicted octanol–water partition coefficient (Wildman–Crippen LogP) is 2.71. The number of ether oxygens (including phenoxy) is 1. The van der Waals surface area contributed by atoms with Crippen LogP contribution in [0.4, 0.5) is 0 Å². The molecule has 116 valence electrons. The molecule has 0 spiro atoms. The van der Waals surface area contributed by atoms with E-state index in [1.54, 1.807) is 5.56 Å². The summed E-state index contributed by atoms with van der Waals surface area (Å²) in [6.07, 6.45) is 3.77. The summed E-state index contributed by atoms with van der Waals surface area (Å²) in [5, 5.41) is 0. The summed E-state index contributed by atoms with van der Waals surface area (Å²) in [7, 11) is 2.23. The van der Waals surface area contributed by atoms with Crippen LogP contribution < -0.4 is 4.74 Å². The molecule has 3 rings (SSSR count). The maximum absolute atomic E-state index is 5.91. The van der Waals surface area contributed by atoms with Gasteiger partial charge in [0, 0.05) is 37.8 Å². The zero-order chi connectivity index (χ0) is 14.8. The molecule has 1 aliphatic heterocycles. The third kappa shape index (κ3) is 3.24. The Morgan fingerprint density at radius 3 is 2.67 bits per heavy atom. The maximum Gasteiger partial charge on any atom is 0.124 e. The van der Waals surface area contributed by atoms with E-state index in [4.69, 9.17) is 4.74 Å². The summed E-state index contributed by atoms with van der Waals surface area (Å²) in [4.78, 5) is 5.02. The zero-order valence-electron chi connectivity index (χ0n) is 13.7. The van der Waals surface area contributed by atoms with E-state index < -0.39 is 0 Å². The first-order valence-corrected chi connectivity index (χ1v) is 8.37. The fourth-order valence-corrected chi connectivity index (χ4v) is 3.57. The van der Waals surface area contributed by atoms with Crippen LogP contribution in [0, 0.1) is 0 Å². The predicted molar refractivity (Wildman–Crippen MR) is 87.0 cm³/mol. The molecular weight excluding hydrogens is 260 g/mol. The first kappa shape index (κ1) is 14.9. The normalized spacial score (nSPS) is 23.3. The molecule has 0 N–H and O–H groups in total. The van der Waals surface area contributed by atoms with Gasteiger partial charge in [0.05, 0.1) is 6.61 Å². The molecule has 0 aromatic heterocycles. The third-order valence-electron chi connectivity index (χ3n) is 5.01. The Morgan fingerprint density at radius 2 is 1.95 bits per heavy atom. The molecule has 1 fully saturated rings. The molecule has 1 aromatic rings. The van der Waals surface area contributed by atoms with E-state index in [0.29, 0.717) is 6.04 Å². The fraction of sp³-hybridized carbons (Fsp3) is 0.667. The van der Waals surface area contributed by atoms with Crippen LogP contribution in [0.15, 0.2) is 12.1 Å². The number of piperazine rings is 1. The highest BCUT2D eigenvalue weighted by Gasteiger charge is 2.22. The van der Waals surface area contributed by atoms with Gasteiger partial charge in [0.2, 0.25) is 0 Å². The van der Waals surface area contributed by atoms with Gasteiger partial charge in [-0.3, -0.25) is 4.90 Å². The molecule has 1 atom stereocenters. The van der Waals surface area contributed by atoms with Gasteiger partial charge < -0.3 is 9.64 Å². The van der Waals surface area contributed by atoms with Crippen LogP contribution in [0.25, 0.3) is 0 Å². The average molecular weight is 288 g/mol. The van der Waals surface area contributed by atoms with Crippen molar-refractivity contribution < 1.29 is 4.74 Å². The van der Waals surface area contributed by atoms with Crippen molar-refractivity contribution in [2.45, 2.75) is 45.7 Å². The Kier molecular flexibility index (Phi) is 4.51. The van der Waals surface area contributed by atoms with Crippen LogP contribution in [0.1, 0.15) is 37.0 Å². The molecule has 0 amide bonds. The summed E-state index contributed by atoms with van der Waals surface area (Å²) in [5.41, 5.74) is 4.44. The van der Waals surface area contributed by atoms with Crippen LogP contribution in [0.5, 0.6) is 5.75 Å². The number of aryl methyl sites for hydroxylation is 2. The largest absolute Gasteiger partial charge is 0.494 e.